The van der Waals surface area contributed by atoms with Crippen LogP contribution < -0.4 is 5.11 Å². The molecule has 0 amide bonds. The molecule has 0 aliphatic heterocycles. The van der Waals surface area contributed by atoms with Gasteiger partial charge in [-0.2, -0.15) is 0 Å². The predicted molar refractivity (Wildman–Crippen MR) is 371 cm³/mol. The van der Waals surface area contributed by atoms with E-state index >= 15 is 0 Å². The molecular formula is C78H139NO8. The van der Waals surface area contributed by atoms with Gasteiger partial charge < -0.3 is 33.3 Å². The lowest BCUT2D eigenvalue weighted by atomic mass is 10.0. The lowest BCUT2D eigenvalue weighted by Gasteiger charge is -2.26. The second-order valence-corrected chi connectivity index (χ2v) is 25.9. The molecule has 0 radical (unpaired) electrons. The van der Waals surface area contributed by atoms with E-state index in [0.717, 1.165) is 70.6 Å². The van der Waals surface area contributed by atoms with Crippen molar-refractivity contribution in [3.05, 3.63) is 85.1 Å². The molecule has 0 N–H and O–H groups in total. The summed E-state index contributed by atoms with van der Waals surface area (Å²) in [5.41, 5.74) is 0. The molecule has 0 aromatic rings. The summed E-state index contributed by atoms with van der Waals surface area (Å²) in [5, 5.41) is 11.8. The average molecular weight is 1220 g/mol. The van der Waals surface area contributed by atoms with Crippen LogP contribution in [0.1, 0.15) is 335 Å². The van der Waals surface area contributed by atoms with Crippen LogP contribution in [0.4, 0.5) is 0 Å². The number of hydrogen-bond acceptors (Lipinski definition) is 8. The highest BCUT2D eigenvalue weighted by molar-refractivity contribution is 5.70. The highest BCUT2D eigenvalue weighted by Gasteiger charge is 2.22. The van der Waals surface area contributed by atoms with Crippen molar-refractivity contribution in [2.24, 2.45) is 0 Å². The summed E-state index contributed by atoms with van der Waals surface area (Å²) in [6, 6.07) is 0. The Balaban J connectivity index is 4.06. The number of carboxylic acids is 1. The maximum Gasteiger partial charge on any atom is 0.306 e. The fraction of sp³-hybridized carbons (Fsp3) is 0.782. The second-order valence-electron chi connectivity index (χ2n) is 25.9. The molecule has 0 saturated carbocycles. The molecule has 9 heteroatoms. The van der Waals surface area contributed by atoms with Crippen molar-refractivity contribution in [2.45, 2.75) is 347 Å². The highest BCUT2D eigenvalue weighted by atomic mass is 16.7. The topological polar surface area (TPSA) is 111 Å². The molecule has 0 aromatic carbocycles. The SMILES string of the molecule is CC/C=C\C/C=C\C/C=C\C/C=C\C/C=C\CCCCCCCCCCCCCCCCCCCC(=O)OC(COC(=O)CCCCCCCCCCCCCCCCCCC/C=C\C/C=C\CCCCCCC)COC(OCC[N+](C)(C)C)C(=O)[O-]. The molecule has 0 saturated heterocycles. The number of likely N-dealkylation sites (N-methyl/N-ethyl adjacent to an activating group) is 1. The van der Waals surface area contributed by atoms with Gasteiger partial charge >= 0.3 is 11.9 Å². The molecule has 0 aromatic heterocycles. The Kier molecular flexibility index (Phi) is 65.6. The zero-order valence-electron chi connectivity index (χ0n) is 57.6. The van der Waals surface area contributed by atoms with Crippen molar-refractivity contribution in [1.82, 2.24) is 0 Å². The van der Waals surface area contributed by atoms with E-state index in [1.165, 1.54) is 231 Å². The number of carboxylic acid groups (broad SMARTS) is 1. The van der Waals surface area contributed by atoms with Gasteiger partial charge in [-0.25, -0.2) is 0 Å². The molecule has 0 aliphatic carbocycles. The van der Waals surface area contributed by atoms with E-state index in [4.69, 9.17) is 18.9 Å². The van der Waals surface area contributed by atoms with E-state index in [9.17, 15) is 19.5 Å². The van der Waals surface area contributed by atoms with E-state index in [2.05, 4.69) is 98.9 Å². The van der Waals surface area contributed by atoms with Gasteiger partial charge in [0, 0.05) is 12.8 Å². The van der Waals surface area contributed by atoms with Gasteiger partial charge in [-0.15, -0.1) is 0 Å². The molecule has 87 heavy (non-hydrogen) atoms. The summed E-state index contributed by atoms with van der Waals surface area (Å²) >= 11 is 0. The summed E-state index contributed by atoms with van der Waals surface area (Å²) in [6.07, 6.45) is 89.6. The molecule has 0 spiro atoms. The van der Waals surface area contributed by atoms with Crippen molar-refractivity contribution in [3.63, 3.8) is 0 Å². The first-order valence-electron chi connectivity index (χ1n) is 36.7. The molecule has 9 nitrogen and oxygen atoms in total. The van der Waals surface area contributed by atoms with Crippen LogP contribution in [-0.4, -0.2) is 82.3 Å². The lowest BCUT2D eigenvalue weighted by molar-refractivity contribution is -0.870. The normalized spacial score (nSPS) is 13.2. The number of ether oxygens (including phenoxy) is 4. The summed E-state index contributed by atoms with van der Waals surface area (Å²) in [5.74, 6) is -2.26. The van der Waals surface area contributed by atoms with E-state index in [1.54, 1.807) is 0 Å². The van der Waals surface area contributed by atoms with Crippen LogP contribution in [0.25, 0.3) is 0 Å². The number of carbonyl (C=O) groups is 3. The standard InChI is InChI=1S/C78H139NO8/c1-6-8-10-12-14-16-18-20-22-24-26-28-30-32-34-36-37-38-39-41-43-45-47-49-51-53-55-57-59-61-63-65-67-69-76(81)87-74(73-86-78(77(82)83)84-71-70-79(3,4)5)72-85-75(80)68-66-64-62-60-58-56-54-52-50-48-46-44-42-40-35-33-31-29-27-25-23-21-19-17-15-13-11-9-7-2/h8,10,14,16,19-22,25-28,32,34,74,78H,6-7,9,11-13,15,17-18,23-24,29-31,33,35-73H2,1-5H3/b10-8-,16-14-,21-19-,22-20-,27-25-,28-26-,34-32-. The predicted octanol–water partition coefficient (Wildman–Crippen LogP) is 21.7. The minimum Gasteiger partial charge on any atom is -0.545 e. The average Bonchev–Trinajstić information content (AvgIpc) is 3.59. The van der Waals surface area contributed by atoms with E-state index in [0.29, 0.717) is 23.9 Å². The van der Waals surface area contributed by atoms with Crippen molar-refractivity contribution in [3.8, 4) is 0 Å². The van der Waals surface area contributed by atoms with Crippen molar-refractivity contribution >= 4 is 17.9 Å². The van der Waals surface area contributed by atoms with Crippen LogP contribution in [0.5, 0.6) is 0 Å². The number of hydrogen-bond donors (Lipinski definition) is 0. The first-order chi connectivity index (χ1) is 42.6. The number of carbonyl (C=O) groups excluding carboxylic acids is 3. The summed E-state index contributed by atoms with van der Waals surface area (Å²) in [7, 11) is 5.94. The highest BCUT2D eigenvalue weighted by Crippen LogP contribution is 2.18. The van der Waals surface area contributed by atoms with Crippen molar-refractivity contribution in [1.29, 1.82) is 0 Å². The number of allylic oxidation sites excluding steroid dienone is 14. The Labute approximate surface area is 538 Å². The number of rotatable bonds is 68. The third-order valence-corrected chi connectivity index (χ3v) is 16.1. The van der Waals surface area contributed by atoms with E-state index < -0.39 is 24.3 Å². The van der Waals surface area contributed by atoms with Crippen LogP contribution in [0.15, 0.2) is 85.1 Å². The second kappa shape index (κ2) is 68.4. The molecule has 2 atom stereocenters. The Morgan fingerprint density at radius 1 is 0.356 bits per heavy atom. The number of esters is 2. The van der Waals surface area contributed by atoms with Gasteiger partial charge in [-0.1, -0.05) is 317 Å². The van der Waals surface area contributed by atoms with Crippen molar-refractivity contribution in [2.75, 3.05) is 47.5 Å². The van der Waals surface area contributed by atoms with Gasteiger partial charge in [0.1, 0.15) is 13.2 Å². The third-order valence-electron chi connectivity index (χ3n) is 16.1. The van der Waals surface area contributed by atoms with Gasteiger partial charge in [0.05, 0.1) is 40.3 Å². The first kappa shape index (κ1) is 83.5. The Morgan fingerprint density at radius 2 is 0.655 bits per heavy atom. The molecular weight excluding hydrogens is 1080 g/mol. The van der Waals surface area contributed by atoms with Crippen LogP contribution >= 0.6 is 0 Å². The van der Waals surface area contributed by atoms with Gasteiger partial charge in [0.25, 0.3) is 0 Å². The number of nitrogens with zero attached hydrogens (tertiary/aromatic N) is 1. The Hall–Kier alpha value is -3.53. The third kappa shape index (κ3) is 69.8. The fourth-order valence-electron chi connectivity index (χ4n) is 10.5. The van der Waals surface area contributed by atoms with E-state index in [1.807, 2.05) is 21.1 Å². The molecule has 504 valence electrons. The first-order valence-corrected chi connectivity index (χ1v) is 36.7. The molecule has 0 rings (SSSR count). The van der Waals surface area contributed by atoms with Gasteiger partial charge in [0.15, 0.2) is 12.4 Å². The van der Waals surface area contributed by atoms with Gasteiger partial charge in [-0.3, -0.25) is 9.59 Å². The summed E-state index contributed by atoms with van der Waals surface area (Å²) in [4.78, 5) is 37.5. The van der Waals surface area contributed by atoms with Gasteiger partial charge in [0.2, 0.25) is 0 Å². The maximum atomic E-state index is 13.0. The minimum atomic E-state index is -1.62. The molecule has 0 fully saturated rings. The van der Waals surface area contributed by atoms with Crippen LogP contribution in [0.2, 0.25) is 0 Å². The lowest BCUT2D eigenvalue weighted by Crippen LogP contribution is -2.44. The quantitative estimate of drug-likeness (QED) is 0.0195. The van der Waals surface area contributed by atoms with Crippen LogP contribution in [-0.2, 0) is 33.3 Å². The monoisotopic (exact) mass is 1220 g/mol. The molecule has 0 heterocycles. The minimum absolute atomic E-state index is 0.147. The summed E-state index contributed by atoms with van der Waals surface area (Å²) in [6.45, 7) is 4.67. The maximum absolute atomic E-state index is 13.0. The molecule has 0 aliphatic rings. The number of quaternary nitrogens is 1. The number of aliphatic carboxylic acids is 1. The number of unbranched alkanes of at least 4 members (excludes halogenated alkanes) is 39. The van der Waals surface area contributed by atoms with Crippen molar-refractivity contribution < 1.29 is 42.9 Å². The molecule has 0 bridgehead atoms. The zero-order chi connectivity index (χ0) is 63.3. The summed E-state index contributed by atoms with van der Waals surface area (Å²) < 4.78 is 22.8. The van der Waals surface area contributed by atoms with Crippen LogP contribution in [0, 0.1) is 0 Å². The largest absolute Gasteiger partial charge is 0.545 e. The van der Waals surface area contributed by atoms with E-state index in [-0.39, 0.29) is 32.2 Å². The van der Waals surface area contributed by atoms with Gasteiger partial charge in [-0.05, 0) is 89.9 Å². The Morgan fingerprint density at radius 3 is 0.977 bits per heavy atom. The van der Waals surface area contributed by atoms with Crippen LogP contribution in [0.3, 0.4) is 0 Å². The zero-order valence-corrected chi connectivity index (χ0v) is 57.6. The smallest absolute Gasteiger partial charge is 0.306 e. The molecule has 2 unspecified atom stereocenters. The Bertz CT molecular complexity index is 1700. The fourth-order valence-corrected chi connectivity index (χ4v) is 10.5.